The Labute approximate surface area is 206 Å². The van der Waals surface area contributed by atoms with Crippen molar-refractivity contribution in [3.05, 3.63) is 46.9 Å². The molecule has 1 saturated carbocycles. The van der Waals surface area contributed by atoms with Crippen LogP contribution in [0.4, 0.5) is 11.8 Å². The van der Waals surface area contributed by atoms with E-state index in [4.69, 9.17) is 14.7 Å². The summed E-state index contributed by atoms with van der Waals surface area (Å²) in [4.78, 5) is 26.9. The highest BCUT2D eigenvalue weighted by Gasteiger charge is 2.38. The van der Waals surface area contributed by atoms with Crippen molar-refractivity contribution in [3.8, 4) is 11.4 Å². The molecular weight excluding hydrogens is 440 g/mol. The number of hydrogen-bond donors (Lipinski definition) is 2. The monoisotopic (exact) mass is 474 g/mol. The lowest BCUT2D eigenvalue weighted by atomic mass is 9.64. The van der Waals surface area contributed by atoms with Gasteiger partial charge in [0.1, 0.15) is 5.82 Å². The standard InChI is InChI=1S/C27H34N6O2/c1-5-35-25(34)24-19-12-11-18-21(17-9-8-13-27(4,15-17)16(2)3)30-26(29-20-10-6-7-14-28-20)31-22(18)23(19)32-33-24/h6-7,10,14,16-17H,5,8-9,11-13,15H2,1-4H3,(H,32,33)(H,28,29,30,31). The van der Waals surface area contributed by atoms with Crippen molar-refractivity contribution >= 4 is 17.7 Å². The maximum Gasteiger partial charge on any atom is 0.359 e. The first-order valence-corrected chi connectivity index (χ1v) is 12.7. The highest BCUT2D eigenvalue weighted by Crippen LogP contribution is 2.49. The Hall–Kier alpha value is -3.29. The van der Waals surface area contributed by atoms with E-state index in [-0.39, 0.29) is 0 Å². The van der Waals surface area contributed by atoms with E-state index in [1.807, 2.05) is 18.2 Å². The lowest BCUT2D eigenvalue weighted by Crippen LogP contribution is -2.31. The molecule has 1 fully saturated rings. The van der Waals surface area contributed by atoms with E-state index >= 15 is 0 Å². The fraction of sp³-hybridized carbons (Fsp3) is 0.519. The predicted octanol–water partition coefficient (Wildman–Crippen LogP) is 5.60. The summed E-state index contributed by atoms with van der Waals surface area (Å²) >= 11 is 0. The van der Waals surface area contributed by atoms with Crippen LogP contribution in [0.3, 0.4) is 0 Å². The summed E-state index contributed by atoms with van der Waals surface area (Å²) in [5, 5.41) is 10.7. The molecule has 3 aromatic heterocycles. The van der Waals surface area contributed by atoms with E-state index in [2.05, 4.69) is 41.3 Å². The van der Waals surface area contributed by atoms with Gasteiger partial charge in [0, 0.05) is 23.2 Å². The number of hydrogen-bond acceptors (Lipinski definition) is 7. The highest BCUT2D eigenvalue weighted by molar-refractivity contribution is 5.91. The van der Waals surface area contributed by atoms with Gasteiger partial charge in [0.05, 0.1) is 23.7 Å². The second-order valence-electron chi connectivity index (χ2n) is 10.3. The van der Waals surface area contributed by atoms with Gasteiger partial charge in [-0.15, -0.1) is 0 Å². The Kier molecular flexibility index (Phi) is 6.30. The lowest BCUT2D eigenvalue weighted by Gasteiger charge is -2.42. The van der Waals surface area contributed by atoms with Crippen LogP contribution in [0, 0.1) is 11.3 Å². The quantitative estimate of drug-likeness (QED) is 0.448. The van der Waals surface area contributed by atoms with Gasteiger partial charge in [-0.3, -0.25) is 5.10 Å². The number of ether oxygens (including phenoxy) is 1. The largest absolute Gasteiger partial charge is 0.461 e. The van der Waals surface area contributed by atoms with Crippen LogP contribution < -0.4 is 5.32 Å². The number of rotatable bonds is 6. The van der Waals surface area contributed by atoms with E-state index in [1.165, 1.54) is 18.4 Å². The van der Waals surface area contributed by atoms with Gasteiger partial charge < -0.3 is 10.1 Å². The maximum absolute atomic E-state index is 12.5. The van der Waals surface area contributed by atoms with Crippen molar-refractivity contribution in [2.24, 2.45) is 11.3 Å². The van der Waals surface area contributed by atoms with E-state index in [1.54, 1.807) is 13.1 Å². The molecule has 3 aromatic rings. The number of aromatic nitrogens is 5. The maximum atomic E-state index is 12.5. The molecule has 2 atom stereocenters. The lowest BCUT2D eigenvalue weighted by molar-refractivity contribution is 0.0518. The molecule has 0 bridgehead atoms. The smallest absolute Gasteiger partial charge is 0.359 e. The van der Waals surface area contributed by atoms with Gasteiger partial charge >= 0.3 is 5.97 Å². The SMILES string of the molecule is CCOC(=O)c1n[nH]c2c1CCc1c-2nc(Nc2ccccn2)nc1C1CCCC(C)(C(C)C)C1. The number of pyridine rings is 1. The number of carbonyl (C=O) groups excluding carboxylic acids is 1. The topological polar surface area (TPSA) is 106 Å². The van der Waals surface area contributed by atoms with Gasteiger partial charge in [-0.05, 0) is 62.5 Å². The minimum atomic E-state index is -0.394. The van der Waals surface area contributed by atoms with Crippen molar-refractivity contribution in [1.82, 2.24) is 25.1 Å². The number of fused-ring (bicyclic) bond motifs is 3. The van der Waals surface area contributed by atoms with E-state index in [9.17, 15) is 4.79 Å². The third-order valence-corrected chi connectivity index (χ3v) is 7.94. The van der Waals surface area contributed by atoms with Gasteiger partial charge in [-0.25, -0.2) is 19.7 Å². The second kappa shape index (κ2) is 9.40. The molecule has 0 aromatic carbocycles. The Bertz CT molecular complexity index is 1220. The first-order valence-electron chi connectivity index (χ1n) is 12.7. The molecule has 2 N–H and O–H groups in total. The molecule has 2 aliphatic carbocycles. The average Bonchev–Trinajstić information content (AvgIpc) is 3.29. The summed E-state index contributed by atoms with van der Waals surface area (Å²) in [7, 11) is 0. The van der Waals surface area contributed by atoms with Crippen LogP contribution >= 0.6 is 0 Å². The number of H-pyrrole nitrogens is 1. The molecule has 0 amide bonds. The van der Waals surface area contributed by atoms with Crippen molar-refractivity contribution in [3.63, 3.8) is 0 Å². The van der Waals surface area contributed by atoms with E-state index in [0.29, 0.717) is 47.7 Å². The van der Waals surface area contributed by atoms with Gasteiger partial charge in [-0.1, -0.05) is 33.3 Å². The van der Waals surface area contributed by atoms with Crippen LogP contribution in [0.25, 0.3) is 11.4 Å². The van der Waals surface area contributed by atoms with Crippen LogP contribution in [0.15, 0.2) is 24.4 Å². The Balaban J connectivity index is 1.60. The van der Waals surface area contributed by atoms with Gasteiger partial charge in [0.2, 0.25) is 5.95 Å². The average molecular weight is 475 g/mol. The normalized spacial score (nSPS) is 21.3. The molecule has 3 heterocycles. The van der Waals surface area contributed by atoms with Gasteiger partial charge in [0.15, 0.2) is 5.69 Å². The minimum Gasteiger partial charge on any atom is -0.461 e. The van der Waals surface area contributed by atoms with Crippen LogP contribution in [0.1, 0.15) is 86.6 Å². The summed E-state index contributed by atoms with van der Waals surface area (Å²) in [5.41, 5.74) is 5.44. The summed E-state index contributed by atoms with van der Waals surface area (Å²) in [6.07, 6.45) is 7.92. The Morgan fingerprint density at radius 3 is 2.83 bits per heavy atom. The number of carbonyl (C=O) groups is 1. The van der Waals surface area contributed by atoms with Crippen molar-refractivity contribution < 1.29 is 9.53 Å². The molecule has 2 unspecified atom stereocenters. The zero-order valence-corrected chi connectivity index (χ0v) is 21.0. The van der Waals surface area contributed by atoms with Crippen molar-refractivity contribution in [2.75, 3.05) is 11.9 Å². The molecule has 8 nitrogen and oxygen atoms in total. The molecule has 0 saturated heterocycles. The first kappa shape index (κ1) is 23.5. The fourth-order valence-electron chi connectivity index (χ4n) is 5.60. The van der Waals surface area contributed by atoms with Crippen LogP contribution in [-0.2, 0) is 17.6 Å². The second-order valence-corrected chi connectivity index (χ2v) is 10.3. The van der Waals surface area contributed by atoms with Crippen molar-refractivity contribution in [2.45, 2.75) is 72.1 Å². The first-order chi connectivity index (χ1) is 16.9. The Morgan fingerprint density at radius 2 is 2.09 bits per heavy atom. The number of aromatic amines is 1. The zero-order chi connectivity index (χ0) is 24.6. The van der Waals surface area contributed by atoms with Gasteiger partial charge in [-0.2, -0.15) is 5.10 Å². The summed E-state index contributed by atoms with van der Waals surface area (Å²) < 4.78 is 5.23. The summed E-state index contributed by atoms with van der Waals surface area (Å²) in [6.45, 7) is 9.21. The summed E-state index contributed by atoms with van der Waals surface area (Å²) in [5.74, 6) is 1.80. The number of anilines is 2. The summed E-state index contributed by atoms with van der Waals surface area (Å²) in [6, 6.07) is 5.72. The van der Waals surface area contributed by atoms with Crippen LogP contribution in [0.2, 0.25) is 0 Å². The van der Waals surface area contributed by atoms with Gasteiger partial charge in [0.25, 0.3) is 0 Å². The molecule has 2 aliphatic rings. The number of esters is 1. The minimum absolute atomic E-state index is 0.292. The molecule has 8 heteroatoms. The molecule has 5 rings (SSSR count). The predicted molar refractivity (Wildman–Crippen MR) is 135 cm³/mol. The molecule has 0 radical (unpaired) electrons. The number of nitrogens with zero attached hydrogens (tertiary/aromatic N) is 4. The van der Waals surface area contributed by atoms with Crippen molar-refractivity contribution in [1.29, 1.82) is 0 Å². The number of nitrogens with one attached hydrogen (secondary N) is 2. The molecule has 184 valence electrons. The molecule has 0 spiro atoms. The van der Waals surface area contributed by atoms with E-state index in [0.717, 1.165) is 41.9 Å². The third-order valence-electron chi connectivity index (χ3n) is 7.94. The van der Waals surface area contributed by atoms with Crippen LogP contribution in [-0.4, -0.2) is 37.7 Å². The van der Waals surface area contributed by atoms with E-state index < -0.39 is 5.97 Å². The molecular formula is C27H34N6O2. The molecule has 35 heavy (non-hydrogen) atoms. The zero-order valence-electron chi connectivity index (χ0n) is 21.0. The third kappa shape index (κ3) is 4.42. The molecule has 0 aliphatic heterocycles. The Morgan fingerprint density at radius 1 is 1.26 bits per heavy atom. The van der Waals surface area contributed by atoms with Crippen LogP contribution in [0.5, 0.6) is 0 Å². The highest BCUT2D eigenvalue weighted by atomic mass is 16.5. The fourth-order valence-corrected chi connectivity index (χ4v) is 5.60.